The van der Waals surface area contributed by atoms with Gasteiger partial charge in [-0.1, -0.05) is 78.8 Å². The molecule has 4 nitrogen and oxygen atoms in total. The number of aliphatic hydroxyl groups excluding tert-OH is 2. The third-order valence-electron chi connectivity index (χ3n) is 8.99. The molecule has 1 aromatic heterocycles. The first-order valence-electron chi connectivity index (χ1n) is 14.5. The van der Waals surface area contributed by atoms with Crippen molar-refractivity contribution in [3.05, 3.63) is 69.5 Å². The minimum Gasteiger partial charge on any atom is -0.410 e. The Morgan fingerprint density at radius 1 is 1.13 bits per heavy atom. The van der Waals surface area contributed by atoms with Gasteiger partial charge < -0.3 is 14.6 Å². The number of hydrogen-bond donors (Lipinski definition) is 2. The van der Waals surface area contributed by atoms with Gasteiger partial charge in [-0.3, -0.25) is 4.98 Å². The van der Waals surface area contributed by atoms with E-state index in [0.717, 1.165) is 60.2 Å². The van der Waals surface area contributed by atoms with Crippen LogP contribution in [0, 0.1) is 5.41 Å². The Hall–Kier alpha value is -1.79. The maximum Gasteiger partial charge on any atom is 0.192 e. The van der Waals surface area contributed by atoms with Crippen LogP contribution in [-0.4, -0.2) is 23.5 Å². The predicted octanol–water partition coefficient (Wildman–Crippen LogP) is 8.38. The number of aromatic nitrogens is 1. The first-order valence-corrected chi connectivity index (χ1v) is 17.4. The van der Waals surface area contributed by atoms with Gasteiger partial charge in [0, 0.05) is 22.5 Å². The van der Waals surface area contributed by atoms with Crippen molar-refractivity contribution >= 4 is 13.9 Å². The first kappa shape index (κ1) is 29.2. The number of fused-ring (bicyclic) bond motifs is 1. The zero-order chi connectivity index (χ0) is 28.0. The van der Waals surface area contributed by atoms with Gasteiger partial charge >= 0.3 is 0 Å². The van der Waals surface area contributed by atoms with Gasteiger partial charge in [-0.25, -0.2) is 0 Å². The molecule has 2 aliphatic rings. The second kappa shape index (κ2) is 10.6. The zero-order valence-electron chi connectivity index (χ0n) is 25.1. The quantitative estimate of drug-likeness (QED) is 0.350. The maximum atomic E-state index is 12.0. The number of allylic oxidation sites excluding steroid dienone is 2. The lowest BCUT2D eigenvalue weighted by Crippen LogP contribution is -2.44. The molecular formula is C33H49NO3Si. The molecule has 2 aliphatic carbocycles. The molecular weight excluding hydrogens is 486 g/mol. The van der Waals surface area contributed by atoms with Crippen LogP contribution in [0.1, 0.15) is 131 Å². The van der Waals surface area contributed by atoms with Crippen molar-refractivity contribution in [1.29, 1.82) is 0 Å². The molecule has 0 fully saturated rings. The molecule has 0 bridgehead atoms. The van der Waals surface area contributed by atoms with E-state index in [-0.39, 0.29) is 29.1 Å². The van der Waals surface area contributed by atoms with Gasteiger partial charge in [-0.15, -0.1) is 0 Å². The lowest BCUT2D eigenvalue weighted by molar-refractivity contribution is 0.105. The maximum absolute atomic E-state index is 12.0. The van der Waals surface area contributed by atoms with E-state index in [9.17, 15) is 10.2 Å². The van der Waals surface area contributed by atoms with Crippen LogP contribution < -0.4 is 0 Å². The van der Waals surface area contributed by atoms with Crippen molar-refractivity contribution in [2.75, 3.05) is 0 Å². The first-order chi connectivity index (χ1) is 17.6. The molecule has 2 unspecified atom stereocenters. The lowest BCUT2D eigenvalue weighted by atomic mass is 9.71. The average Bonchev–Trinajstić information content (AvgIpc) is 3.35. The van der Waals surface area contributed by atoms with Crippen LogP contribution in [0.5, 0.6) is 0 Å². The summed E-state index contributed by atoms with van der Waals surface area (Å²) >= 11 is 0. The highest BCUT2D eigenvalue weighted by atomic mass is 28.4. The van der Waals surface area contributed by atoms with Gasteiger partial charge in [-0.05, 0) is 83.8 Å². The Morgan fingerprint density at radius 3 is 2.32 bits per heavy atom. The number of aliphatic hydroxyl groups is 2. The SMILES string of the molecule is CC(C)c1nc2c(c(C3=CCCC3)c1C(O)c1ccc(CO)cc1)C(O[Si](C)(C)C(C)(C)C)CC(C)(C)C2. The molecule has 0 radical (unpaired) electrons. The van der Waals surface area contributed by atoms with Crippen LogP contribution in [0.25, 0.3) is 5.57 Å². The van der Waals surface area contributed by atoms with Crippen molar-refractivity contribution in [1.82, 2.24) is 4.98 Å². The topological polar surface area (TPSA) is 62.6 Å². The Labute approximate surface area is 231 Å². The molecule has 208 valence electrons. The summed E-state index contributed by atoms with van der Waals surface area (Å²) in [6, 6.07) is 7.69. The Bertz CT molecular complexity index is 1190. The second-order valence-corrected chi connectivity index (χ2v) is 18.9. The highest BCUT2D eigenvalue weighted by Gasteiger charge is 2.45. The van der Waals surface area contributed by atoms with Crippen LogP contribution in [0.3, 0.4) is 0 Å². The summed E-state index contributed by atoms with van der Waals surface area (Å²) in [6.07, 6.45) is 6.66. The fourth-order valence-electron chi connectivity index (χ4n) is 5.86. The monoisotopic (exact) mass is 535 g/mol. The van der Waals surface area contributed by atoms with Gasteiger partial charge in [0.2, 0.25) is 0 Å². The fourth-order valence-corrected chi connectivity index (χ4v) is 7.13. The second-order valence-electron chi connectivity index (χ2n) is 14.1. The molecule has 5 heteroatoms. The molecule has 0 spiro atoms. The lowest BCUT2D eigenvalue weighted by Gasteiger charge is -2.45. The summed E-state index contributed by atoms with van der Waals surface area (Å²) in [5.74, 6) is 0.173. The van der Waals surface area contributed by atoms with Crippen molar-refractivity contribution in [3.8, 4) is 0 Å². The van der Waals surface area contributed by atoms with Gasteiger partial charge in [-0.2, -0.15) is 0 Å². The normalized spacial score (nSPS) is 20.4. The summed E-state index contributed by atoms with van der Waals surface area (Å²) in [5.41, 5.74) is 8.64. The van der Waals surface area contributed by atoms with E-state index in [2.05, 4.69) is 67.6 Å². The molecule has 38 heavy (non-hydrogen) atoms. The Kier molecular flexibility index (Phi) is 8.18. The molecule has 1 heterocycles. The minimum absolute atomic E-state index is 0.00554. The number of benzene rings is 1. The fraction of sp³-hybridized carbons (Fsp3) is 0.606. The van der Waals surface area contributed by atoms with Crippen LogP contribution in [0.15, 0.2) is 30.3 Å². The number of rotatable bonds is 7. The van der Waals surface area contributed by atoms with E-state index in [0.29, 0.717) is 0 Å². The van der Waals surface area contributed by atoms with Crippen molar-refractivity contribution in [2.24, 2.45) is 5.41 Å². The summed E-state index contributed by atoms with van der Waals surface area (Å²) < 4.78 is 7.24. The smallest absolute Gasteiger partial charge is 0.192 e. The standard InChI is InChI=1S/C33H49NO3Si/c1-21(2)30-29(31(36)24-16-14-22(20-35)15-17-24)27(23-12-10-11-13-23)28-25(34-30)18-33(6,7)19-26(28)37-38(8,9)32(3,4)5/h12,14-17,21,26,31,35-36H,10-11,13,18-20H2,1-9H3. The van der Waals surface area contributed by atoms with Crippen molar-refractivity contribution < 1.29 is 14.6 Å². The van der Waals surface area contributed by atoms with Crippen LogP contribution in [0.4, 0.5) is 0 Å². The number of hydrogen-bond acceptors (Lipinski definition) is 4. The minimum atomic E-state index is -2.07. The predicted molar refractivity (Wildman–Crippen MR) is 160 cm³/mol. The third kappa shape index (κ3) is 5.72. The Balaban J connectivity index is 2.00. The molecule has 0 saturated heterocycles. The Morgan fingerprint density at radius 2 is 1.79 bits per heavy atom. The molecule has 2 atom stereocenters. The van der Waals surface area contributed by atoms with Crippen molar-refractivity contribution in [2.45, 2.75) is 123 Å². The van der Waals surface area contributed by atoms with Crippen LogP contribution in [0.2, 0.25) is 18.1 Å². The highest BCUT2D eigenvalue weighted by molar-refractivity contribution is 6.74. The van der Waals surface area contributed by atoms with Crippen LogP contribution in [-0.2, 0) is 17.5 Å². The summed E-state index contributed by atoms with van der Waals surface area (Å²) in [5, 5.41) is 21.7. The van der Waals surface area contributed by atoms with Gasteiger partial charge in [0.15, 0.2) is 8.32 Å². The molecule has 2 aromatic rings. The van der Waals surface area contributed by atoms with E-state index in [4.69, 9.17) is 9.41 Å². The van der Waals surface area contributed by atoms with E-state index in [1.807, 2.05) is 24.3 Å². The molecule has 0 saturated carbocycles. The van der Waals surface area contributed by atoms with Gasteiger partial charge in [0.25, 0.3) is 0 Å². The average molecular weight is 536 g/mol. The molecule has 4 rings (SSSR count). The summed E-state index contributed by atoms with van der Waals surface area (Å²) in [7, 11) is -2.07. The molecule has 0 aliphatic heterocycles. The molecule has 1 aromatic carbocycles. The van der Waals surface area contributed by atoms with Gasteiger partial charge in [0.1, 0.15) is 6.10 Å². The van der Waals surface area contributed by atoms with Crippen LogP contribution >= 0.6 is 0 Å². The van der Waals surface area contributed by atoms with E-state index in [1.165, 1.54) is 16.7 Å². The third-order valence-corrected chi connectivity index (χ3v) is 13.5. The molecule has 0 amide bonds. The number of pyridine rings is 1. The van der Waals surface area contributed by atoms with Gasteiger partial charge in [0.05, 0.1) is 12.7 Å². The largest absolute Gasteiger partial charge is 0.410 e. The molecule has 2 N–H and O–H groups in total. The zero-order valence-corrected chi connectivity index (χ0v) is 26.1. The van der Waals surface area contributed by atoms with Crippen molar-refractivity contribution in [3.63, 3.8) is 0 Å². The van der Waals surface area contributed by atoms with E-state index < -0.39 is 14.4 Å². The highest BCUT2D eigenvalue weighted by Crippen LogP contribution is 2.52. The van der Waals surface area contributed by atoms with E-state index in [1.54, 1.807) is 0 Å². The summed E-state index contributed by atoms with van der Waals surface area (Å²) in [4.78, 5) is 5.37. The summed E-state index contributed by atoms with van der Waals surface area (Å²) in [6.45, 7) is 20.7. The van der Waals surface area contributed by atoms with E-state index >= 15 is 0 Å². The number of nitrogens with zero attached hydrogens (tertiary/aromatic N) is 1.